The van der Waals surface area contributed by atoms with Crippen LogP contribution in [-0.4, -0.2) is 73.9 Å². The molecule has 4 aromatic heterocycles. The van der Waals surface area contributed by atoms with E-state index in [1.807, 2.05) is 84.9 Å². The van der Waals surface area contributed by atoms with Crippen molar-refractivity contribution >= 4 is 28.5 Å². The molecule has 0 saturated carbocycles. The molecule has 2 aliphatic rings. The minimum atomic E-state index is -0.528. The molecule has 4 atom stereocenters. The Morgan fingerprint density at radius 1 is 0.611 bits per heavy atom. The standard InChI is InChI=1S/C43H44N6O3S2/c50-41(39(27-51-33-11-3-1-4-12-33)48-25-9-7-15-37(48)42-46-35(29-53-42)31-17-21-44-22-18-31)40(28-52-34-13-5-2-6-14-34)49-26-10-8-16-38(49)43-47-36(30-54-43)32-19-23-45-24-20-32/h1-6,11-14,17-24,29-30,37-40H,7-10,15-16,25-28H2/t37-,38-,39?,40?/m1/s1. The summed E-state index contributed by atoms with van der Waals surface area (Å²) in [5.41, 5.74) is 3.95. The molecule has 0 N–H and O–H groups in total. The van der Waals surface area contributed by atoms with Crippen molar-refractivity contribution in [3.8, 4) is 34.0 Å². The summed E-state index contributed by atoms with van der Waals surface area (Å²) in [5.74, 6) is 1.60. The molecule has 8 rings (SSSR count). The van der Waals surface area contributed by atoms with Gasteiger partial charge in [-0.2, -0.15) is 0 Å². The topological polar surface area (TPSA) is 93.6 Å². The Balaban J connectivity index is 1.14. The summed E-state index contributed by atoms with van der Waals surface area (Å²) in [5, 5.41) is 6.30. The average molecular weight is 757 g/mol. The van der Waals surface area contributed by atoms with Crippen LogP contribution in [0.15, 0.2) is 120 Å². The fraction of sp³-hybridized carbons (Fsp3) is 0.326. The number of nitrogens with zero attached hydrogens (tertiary/aromatic N) is 6. The normalized spacial score (nSPS) is 19.2. The number of likely N-dealkylation sites (tertiary alicyclic amines) is 2. The third-order valence-electron chi connectivity index (χ3n) is 10.4. The van der Waals surface area contributed by atoms with Crippen molar-refractivity contribution in [2.45, 2.75) is 62.7 Å². The lowest BCUT2D eigenvalue weighted by molar-refractivity contribution is -0.136. The van der Waals surface area contributed by atoms with Crippen molar-refractivity contribution in [3.63, 3.8) is 0 Å². The number of Topliss-reactive ketones (excluding diaryl/α,β-unsaturated/α-hetero) is 1. The molecular formula is C43H44N6O3S2. The highest BCUT2D eigenvalue weighted by Crippen LogP contribution is 2.39. The van der Waals surface area contributed by atoms with Crippen LogP contribution >= 0.6 is 22.7 Å². The molecule has 2 aliphatic heterocycles. The van der Waals surface area contributed by atoms with E-state index in [1.54, 1.807) is 47.5 Å². The number of carbonyl (C=O) groups excluding carboxylic acids is 1. The number of carbonyl (C=O) groups is 1. The first-order chi connectivity index (χ1) is 26.7. The molecule has 2 unspecified atom stereocenters. The summed E-state index contributed by atoms with van der Waals surface area (Å²) in [6.07, 6.45) is 13.2. The number of rotatable bonds is 14. The second kappa shape index (κ2) is 17.6. The first-order valence-corrected chi connectivity index (χ1v) is 20.6. The molecule has 0 bridgehead atoms. The highest BCUT2D eigenvalue weighted by molar-refractivity contribution is 7.10. The van der Waals surface area contributed by atoms with E-state index in [-0.39, 0.29) is 31.1 Å². The fourth-order valence-corrected chi connectivity index (χ4v) is 9.63. The number of ketones is 1. The minimum Gasteiger partial charge on any atom is -0.491 e. The fourth-order valence-electron chi connectivity index (χ4n) is 7.66. The predicted octanol–water partition coefficient (Wildman–Crippen LogP) is 8.94. The van der Waals surface area contributed by atoms with Crippen molar-refractivity contribution in [2.24, 2.45) is 0 Å². The molecule has 11 heteroatoms. The maximum atomic E-state index is 15.6. The lowest BCUT2D eigenvalue weighted by Crippen LogP contribution is -2.58. The minimum absolute atomic E-state index is 0.0117. The molecule has 54 heavy (non-hydrogen) atoms. The van der Waals surface area contributed by atoms with Gasteiger partial charge in [-0.05, 0) is 87.3 Å². The van der Waals surface area contributed by atoms with Crippen molar-refractivity contribution in [1.29, 1.82) is 0 Å². The zero-order valence-corrected chi connectivity index (χ0v) is 31.8. The zero-order chi connectivity index (χ0) is 36.5. The molecule has 2 fully saturated rings. The molecule has 0 amide bonds. The number of pyridine rings is 2. The lowest BCUT2D eigenvalue weighted by Gasteiger charge is -2.44. The summed E-state index contributed by atoms with van der Waals surface area (Å²) in [7, 11) is 0. The monoisotopic (exact) mass is 756 g/mol. The Morgan fingerprint density at radius 2 is 1.04 bits per heavy atom. The van der Waals surface area contributed by atoms with E-state index in [0.29, 0.717) is 0 Å². The first kappa shape index (κ1) is 36.2. The van der Waals surface area contributed by atoms with Gasteiger partial charge in [0.2, 0.25) is 0 Å². The number of hydrogen-bond donors (Lipinski definition) is 0. The van der Waals surface area contributed by atoms with Gasteiger partial charge in [0.05, 0.1) is 23.5 Å². The number of thiazole rings is 2. The third-order valence-corrected chi connectivity index (χ3v) is 12.3. The quantitative estimate of drug-likeness (QED) is 0.108. The van der Waals surface area contributed by atoms with E-state index in [4.69, 9.17) is 19.4 Å². The zero-order valence-electron chi connectivity index (χ0n) is 30.2. The van der Waals surface area contributed by atoms with Gasteiger partial charge in [-0.15, -0.1) is 22.7 Å². The molecular weight excluding hydrogens is 713 g/mol. The smallest absolute Gasteiger partial charge is 0.174 e. The van der Waals surface area contributed by atoms with Crippen LogP contribution in [0.2, 0.25) is 0 Å². The number of hydrogen-bond acceptors (Lipinski definition) is 11. The Hall–Kier alpha value is -4.81. The maximum Gasteiger partial charge on any atom is 0.174 e. The van der Waals surface area contributed by atoms with Crippen molar-refractivity contribution in [3.05, 3.63) is 130 Å². The van der Waals surface area contributed by atoms with E-state index in [0.717, 1.165) is 95.6 Å². The first-order valence-electron chi connectivity index (χ1n) is 18.8. The van der Waals surface area contributed by atoms with Crippen molar-refractivity contribution < 1.29 is 14.3 Å². The Bertz CT molecular complexity index is 1920. The van der Waals surface area contributed by atoms with Gasteiger partial charge in [-0.3, -0.25) is 24.6 Å². The van der Waals surface area contributed by atoms with Gasteiger partial charge in [0.15, 0.2) is 5.78 Å². The SMILES string of the molecule is O=C(C(COc1ccccc1)N1CCCC[C@@H]1c1nc(-c2ccncc2)cs1)C(COc1ccccc1)N1CCCC[C@@H]1c1nc(-c2ccncc2)cs1. The Kier molecular flexibility index (Phi) is 11.8. The van der Waals surface area contributed by atoms with Gasteiger partial charge < -0.3 is 9.47 Å². The van der Waals surface area contributed by atoms with Gasteiger partial charge in [0, 0.05) is 46.7 Å². The van der Waals surface area contributed by atoms with Gasteiger partial charge in [-0.1, -0.05) is 49.2 Å². The van der Waals surface area contributed by atoms with Crippen LogP contribution in [0, 0.1) is 0 Å². The summed E-state index contributed by atoms with van der Waals surface area (Å²) < 4.78 is 13.0. The Morgan fingerprint density at radius 3 is 1.46 bits per heavy atom. The van der Waals surface area contributed by atoms with E-state index < -0.39 is 12.1 Å². The maximum absolute atomic E-state index is 15.6. The number of benzene rings is 2. The molecule has 0 radical (unpaired) electrons. The van der Waals surface area contributed by atoms with E-state index in [9.17, 15) is 0 Å². The van der Waals surface area contributed by atoms with Crippen LogP contribution in [0.4, 0.5) is 0 Å². The van der Waals surface area contributed by atoms with Crippen molar-refractivity contribution in [1.82, 2.24) is 29.7 Å². The highest BCUT2D eigenvalue weighted by Gasteiger charge is 2.43. The van der Waals surface area contributed by atoms with Gasteiger partial charge >= 0.3 is 0 Å². The Labute approximate surface area is 324 Å². The largest absolute Gasteiger partial charge is 0.491 e. The van der Waals surface area contributed by atoms with Gasteiger partial charge in [0.1, 0.15) is 46.8 Å². The van der Waals surface area contributed by atoms with Crippen LogP contribution in [0.5, 0.6) is 11.5 Å². The number of para-hydroxylation sites is 2. The summed E-state index contributed by atoms with van der Waals surface area (Å²) in [6, 6.07) is 26.5. The molecule has 2 saturated heterocycles. The summed E-state index contributed by atoms with van der Waals surface area (Å²) in [6.45, 7) is 2.01. The van der Waals surface area contributed by atoms with Crippen LogP contribution in [0.3, 0.4) is 0 Å². The second-order valence-electron chi connectivity index (χ2n) is 13.8. The van der Waals surface area contributed by atoms with Crippen molar-refractivity contribution in [2.75, 3.05) is 26.3 Å². The van der Waals surface area contributed by atoms with Gasteiger partial charge in [-0.25, -0.2) is 9.97 Å². The molecule has 6 heterocycles. The number of piperidine rings is 2. The predicted molar refractivity (Wildman–Crippen MR) is 214 cm³/mol. The molecule has 0 spiro atoms. The van der Waals surface area contributed by atoms with E-state index in [1.165, 1.54) is 0 Å². The molecule has 9 nitrogen and oxygen atoms in total. The number of ether oxygens (including phenoxy) is 2. The lowest BCUT2D eigenvalue weighted by atomic mass is 9.93. The second-order valence-corrected chi connectivity index (χ2v) is 15.6. The molecule has 276 valence electrons. The molecule has 6 aromatic rings. The summed E-state index contributed by atoms with van der Waals surface area (Å²) >= 11 is 3.34. The van der Waals surface area contributed by atoms with E-state index >= 15 is 4.79 Å². The van der Waals surface area contributed by atoms with Gasteiger partial charge in [0.25, 0.3) is 0 Å². The number of aromatic nitrogens is 4. The highest BCUT2D eigenvalue weighted by atomic mass is 32.1. The van der Waals surface area contributed by atoms with Crippen LogP contribution in [-0.2, 0) is 4.79 Å². The summed E-state index contributed by atoms with van der Waals surface area (Å²) in [4.78, 5) is 39.1. The third kappa shape index (κ3) is 8.44. The average Bonchev–Trinajstić information content (AvgIpc) is 3.95. The molecule has 2 aromatic carbocycles. The van der Waals surface area contributed by atoms with Crippen LogP contribution in [0.1, 0.15) is 60.6 Å². The molecule has 0 aliphatic carbocycles. The van der Waals surface area contributed by atoms with E-state index in [2.05, 4.69) is 30.5 Å². The van der Waals surface area contributed by atoms with Crippen LogP contribution < -0.4 is 9.47 Å². The van der Waals surface area contributed by atoms with Crippen LogP contribution in [0.25, 0.3) is 22.5 Å².